The Morgan fingerprint density at radius 1 is 0.881 bits per heavy atom. The second kappa shape index (κ2) is 17.9. The molecule has 0 amide bonds. The van der Waals surface area contributed by atoms with Crippen LogP contribution < -0.4 is 0 Å². The van der Waals surface area contributed by atoms with E-state index in [2.05, 4.69) is 9.37 Å². The van der Waals surface area contributed by atoms with Gasteiger partial charge in [0, 0.05) is 6.42 Å². The molecule has 0 aromatic heterocycles. The molecular weight excluding hydrogens is 592 g/mol. The largest absolute Gasteiger partial charge is 0.455 e. The third-order valence-electron chi connectivity index (χ3n) is 7.11. The van der Waals surface area contributed by atoms with E-state index in [1.807, 2.05) is 0 Å². The third-order valence-corrected chi connectivity index (χ3v) is 7.53. The fraction of sp³-hybridized carbons (Fsp3) is 0.917. The highest BCUT2D eigenvalue weighted by molar-refractivity contribution is 7.89. The van der Waals surface area contributed by atoms with E-state index < -0.39 is 98.6 Å². The number of rotatable bonds is 16. The summed E-state index contributed by atoms with van der Waals surface area (Å²) in [6.45, 7) is 5.05. The van der Waals surface area contributed by atoms with Gasteiger partial charge in [0.25, 0.3) is 0 Å². The molecule has 17 nitrogen and oxygen atoms in total. The summed E-state index contributed by atoms with van der Waals surface area (Å²) >= 11 is 0.0219. The normalized spacial score (nSPS) is 35.7. The van der Waals surface area contributed by atoms with E-state index in [4.69, 9.17) is 33.1 Å². The number of hydrogen-bond acceptors (Lipinski definition) is 18. The fourth-order valence-electron chi connectivity index (χ4n) is 4.58. The van der Waals surface area contributed by atoms with Crippen molar-refractivity contribution >= 4 is 24.3 Å². The van der Waals surface area contributed by atoms with Crippen LogP contribution in [0.5, 0.6) is 0 Å². The van der Waals surface area contributed by atoms with E-state index >= 15 is 0 Å². The van der Waals surface area contributed by atoms with Crippen molar-refractivity contribution in [2.45, 2.75) is 114 Å². The molecule has 0 bridgehead atoms. The van der Waals surface area contributed by atoms with Gasteiger partial charge in [-0.2, -0.15) is 0 Å². The van der Waals surface area contributed by atoms with Crippen molar-refractivity contribution in [3.63, 3.8) is 0 Å². The lowest BCUT2D eigenvalue weighted by Gasteiger charge is -2.46. The Labute approximate surface area is 246 Å². The molecule has 13 atom stereocenters. The monoisotopic (exact) mass is 634 g/mol. The van der Waals surface area contributed by atoms with Gasteiger partial charge in [-0.05, 0) is 18.8 Å². The van der Waals surface area contributed by atoms with Gasteiger partial charge in [0.15, 0.2) is 36.9 Å². The number of hydrogen-bond donors (Lipinski definition) is 7. The second-order valence-electron chi connectivity index (χ2n) is 10.1. The lowest BCUT2D eigenvalue weighted by molar-refractivity contribution is -0.435. The van der Waals surface area contributed by atoms with Crippen LogP contribution >= 0.6 is 12.3 Å². The number of aliphatic hydroxyl groups excluding tert-OH is 6. The summed E-state index contributed by atoms with van der Waals surface area (Å²) in [7, 11) is 0. The topological polar surface area (TPSA) is 250 Å². The van der Waals surface area contributed by atoms with Crippen molar-refractivity contribution < 1.29 is 82.7 Å². The van der Waals surface area contributed by atoms with Crippen LogP contribution in [0.2, 0.25) is 0 Å². The van der Waals surface area contributed by atoms with E-state index in [1.165, 1.54) is 6.92 Å². The number of carbonyl (C=O) groups is 2. The Morgan fingerprint density at radius 3 is 2.02 bits per heavy atom. The lowest BCUT2D eigenvalue weighted by Crippen LogP contribution is -2.65. The van der Waals surface area contributed by atoms with Crippen LogP contribution in [0.1, 0.15) is 47.0 Å². The highest BCUT2D eigenvalue weighted by atomic mass is 32.2. The molecule has 13 unspecified atom stereocenters. The lowest BCUT2D eigenvalue weighted by atomic mass is 9.91. The quantitative estimate of drug-likeness (QED) is 0.0337. The van der Waals surface area contributed by atoms with Crippen LogP contribution in [0, 0.1) is 11.8 Å². The minimum Gasteiger partial charge on any atom is -0.455 e. The zero-order valence-corrected chi connectivity index (χ0v) is 24.5. The van der Waals surface area contributed by atoms with E-state index in [1.54, 1.807) is 20.8 Å². The van der Waals surface area contributed by atoms with Crippen LogP contribution in [-0.4, -0.2) is 129 Å². The Kier molecular flexibility index (Phi) is 15.8. The molecular formula is C24H42O17S. The Hall–Kier alpha value is -1.23. The summed E-state index contributed by atoms with van der Waals surface area (Å²) in [5.41, 5.74) is 0. The van der Waals surface area contributed by atoms with Crippen molar-refractivity contribution in [1.82, 2.24) is 0 Å². The molecule has 0 aromatic carbocycles. The average Bonchev–Trinajstić information content (AvgIpc) is 2.98. The summed E-state index contributed by atoms with van der Waals surface area (Å²) in [6.07, 6.45) is -16.3. The SMILES string of the molecule is CCC(=O)OC1C(OC2OC(CO)C(O)C(O)C2OSOOO)OC(CO)C(O)C1OC(=O)C(C)CC(C)C(O)CC. The van der Waals surface area contributed by atoms with Gasteiger partial charge in [-0.1, -0.05) is 32.7 Å². The first-order valence-electron chi connectivity index (χ1n) is 13.5. The first-order chi connectivity index (χ1) is 19.9. The van der Waals surface area contributed by atoms with E-state index in [-0.39, 0.29) is 31.1 Å². The zero-order chi connectivity index (χ0) is 31.6. The van der Waals surface area contributed by atoms with E-state index in [0.717, 1.165) is 0 Å². The van der Waals surface area contributed by atoms with Gasteiger partial charge >= 0.3 is 11.9 Å². The molecule has 0 saturated carbocycles. The summed E-state index contributed by atoms with van der Waals surface area (Å²) < 4.78 is 37.3. The van der Waals surface area contributed by atoms with Crippen LogP contribution in [0.4, 0.5) is 0 Å². The van der Waals surface area contributed by atoms with E-state index in [0.29, 0.717) is 6.42 Å². The minimum atomic E-state index is -1.77. The molecule has 18 heteroatoms. The van der Waals surface area contributed by atoms with E-state index in [9.17, 15) is 40.2 Å². The van der Waals surface area contributed by atoms with Crippen LogP contribution in [0.15, 0.2) is 0 Å². The van der Waals surface area contributed by atoms with Gasteiger partial charge in [0.05, 0.1) is 25.2 Å². The van der Waals surface area contributed by atoms with Crippen LogP contribution in [-0.2, 0) is 46.8 Å². The minimum absolute atomic E-state index is 0.0219. The zero-order valence-electron chi connectivity index (χ0n) is 23.7. The maximum atomic E-state index is 13.1. The maximum absolute atomic E-state index is 13.1. The molecule has 2 saturated heterocycles. The van der Waals surface area contributed by atoms with Crippen molar-refractivity contribution in [1.29, 1.82) is 0 Å². The van der Waals surface area contributed by atoms with Gasteiger partial charge < -0.3 is 54.3 Å². The fourth-order valence-corrected chi connectivity index (χ4v) is 4.94. The summed E-state index contributed by atoms with van der Waals surface area (Å²) in [4.78, 5) is 25.4. The van der Waals surface area contributed by atoms with Crippen molar-refractivity contribution in [3.8, 4) is 0 Å². The molecule has 7 N–H and O–H groups in total. The van der Waals surface area contributed by atoms with Crippen molar-refractivity contribution in [2.24, 2.45) is 11.8 Å². The predicted molar refractivity (Wildman–Crippen MR) is 137 cm³/mol. The first kappa shape index (κ1) is 37.0. The molecule has 2 fully saturated rings. The van der Waals surface area contributed by atoms with Crippen LogP contribution in [0.25, 0.3) is 0 Å². The molecule has 0 spiro atoms. The van der Waals surface area contributed by atoms with Crippen molar-refractivity contribution in [3.05, 3.63) is 0 Å². The Morgan fingerprint density at radius 2 is 1.48 bits per heavy atom. The van der Waals surface area contributed by atoms with Crippen LogP contribution in [0.3, 0.4) is 0 Å². The second-order valence-corrected chi connectivity index (χ2v) is 10.6. The molecule has 2 heterocycles. The smallest absolute Gasteiger partial charge is 0.309 e. The summed E-state index contributed by atoms with van der Waals surface area (Å²) in [5, 5.41) is 73.2. The van der Waals surface area contributed by atoms with Gasteiger partial charge in [0.1, 0.15) is 30.5 Å². The maximum Gasteiger partial charge on any atom is 0.309 e. The third kappa shape index (κ3) is 9.63. The Balaban J connectivity index is 2.37. The molecule has 2 rings (SSSR count). The van der Waals surface area contributed by atoms with Gasteiger partial charge in [-0.25, -0.2) is 5.26 Å². The molecule has 0 aromatic rings. The molecule has 246 valence electrons. The molecule has 2 aliphatic heterocycles. The average molecular weight is 635 g/mol. The summed E-state index contributed by atoms with van der Waals surface area (Å²) in [5.74, 6) is -2.61. The number of carbonyl (C=O) groups excluding carboxylic acids is 2. The molecule has 2 aliphatic rings. The molecule has 0 radical (unpaired) electrons. The first-order valence-corrected chi connectivity index (χ1v) is 14.2. The number of esters is 2. The highest BCUT2D eigenvalue weighted by Crippen LogP contribution is 2.34. The standard InChI is InChI=1S/C24H42O17S/c1-5-12(27)10(3)7-11(4)22(32)37-19-17(30)14(9-26)35-24(21(19)36-15(28)6-2)38-23-20(39-42-41-40-33)18(31)16(29)13(8-25)34-23/h10-14,16-21,23-27,29-31,33H,5-9H2,1-4H3. The Bertz CT molecular complexity index is 822. The van der Waals surface area contributed by atoms with Gasteiger partial charge in [0.2, 0.25) is 6.29 Å². The van der Waals surface area contributed by atoms with Gasteiger partial charge in [-0.15, -0.1) is 4.33 Å². The molecule has 42 heavy (non-hydrogen) atoms. The summed E-state index contributed by atoms with van der Waals surface area (Å²) in [6, 6.07) is 0. The predicted octanol–water partition coefficient (Wildman–Crippen LogP) is -1.44. The molecule has 0 aliphatic carbocycles. The van der Waals surface area contributed by atoms with Crippen molar-refractivity contribution in [2.75, 3.05) is 13.2 Å². The number of aliphatic hydroxyl groups is 6. The highest BCUT2D eigenvalue weighted by Gasteiger charge is 2.54. The van der Waals surface area contributed by atoms with Gasteiger partial charge in [-0.3, -0.25) is 13.8 Å². The number of ether oxygens (including phenoxy) is 5.